The average Bonchev–Trinajstić information content (AvgIpc) is 3.23. The third kappa shape index (κ3) is 3.45. The van der Waals surface area contributed by atoms with E-state index >= 15 is 0 Å². The van der Waals surface area contributed by atoms with Crippen LogP contribution in [-0.2, 0) is 6.54 Å². The minimum Gasteiger partial charge on any atom is -0.486 e. The average molecular weight is 452 g/mol. The molecule has 6 rings (SSSR count). The van der Waals surface area contributed by atoms with Crippen LogP contribution in [0, 0.1) is 0 Å². The van der Waals surface area contributed by atoms with Crippen molar-refractivity contribution in [2.75, 3.05) is 18.5 Å². The minimum absolute atomic E-state index is 0.221. The van der Waals surface area contributed by atoms with Crippen LogP contribution in [-0.4, -0.2) is 33.1 Å². The monoisotopic (exact) mass is 452 g/mol. The molecule has 0 unspecified atom stereocenters. The van der Waals surface area contributed by atoms with Gasteiger partial charge in [-0.15, -0.1) is 0 Å². The molecule has 0 saturated carbocycles. The van der Waals surface area contributed by atoms with Crippen molar-refractivity contribution in [1.29, 1.82) is 0 Å². The first-order chi connectivity index (χ1) is 16.7. The van der Waals surface area contributed by atoms with Crippen LogP contribution in [0.2, 0.25) is 0 Å². The summed E-state index contributed by atoms with van der Waals surface area (Å²) in [5.74, 6) is 0.880. The summed E-state index contributed by atoms with van der Waals surface area (Å²) in [4.78, 5) is 31.3. The van der Waals surface area contributed by atoms with E-state index in [2.05, 4.69) is 5.32 Å². The number of benzene rings is 2. The van der Waals surface area contributed by atoms with E-state index in [1.807, 2.05) is 36.4 Å². The lowest BCUT2D eigenvalue weighted by Gasteiger charge is -2.19. The summed E-state index contributed by atoms with van der Waals surface area (Å²) in [6.45, 7) is 1.34. The van der Waals surface area contributed by atoms with E-state index in [1.165, 1.54) is 4.40 Å². The molecule has 0 atom stereocenters. The van der Waals surface area contributed by atoms with Crippen LogP contribution in [0.5, 0.6) is 11.5 Å². The molecule has 1 N–H and O–H groups in total. The van der Waals surface area contributed by atoms with Crippen molar-refractivity contribution in [2.24, 2.45) is 0 Å². The first-order valence-electron chi connectivity index (χ1n) is 10.9. The molecule has 0 spiro atoms. The van der Waals surface area contributed by atoms with Gasteiger partial charge >= 0.3 is 0 Å². The number of hydrogen-bond donors (Lipinski definition) is 1. The molecule has 0 aliphatic carbocycles. The molecule has 0 fully saturated rings. The van der Waals surface area contributed by atoms with Gasteiger partial charge in [0, 0.05) is 24.5 Å². The van der Waals surface area contributed by atoms with Crippen LogP contribution in [0.4, 0.5) is 5.69 Å². The Morgan fingerprint density at radius 3 is 2.59 bits per heavy atom. The molecule has 1 aliphatic rings. The summed E-state index contributed by atoms with van der Waals surface area (Å²) >= 11 is 0. The number of anilines is 1. The van der Waals surface area contributed by atoms with Crippen molar-refractivity contribution >= 4 is 28.3 Å². The summed E-state index contributed by atoms with van der Waals surface area (Å²) in [7, 11) is 0. The molecule has 1 amide bonds. The molecule has 3 aromatic heterocycles. The number of carbonyl (C=O) groups is 1. The number of carbonyl (C=O) groups excluding carboxylic acids is 1. The molecular formula is C26H20N4O4. The summed E-state index contributed by atoms with van der Waals surface area (Å²) in [5.41, 5.74) is 2.66. The van der Waals surface area contributed by atoms with Crippen LogP contribution in [0.1, 0.15) is 16.1 Å². The highest BCUT2D eigenvalue weighted by molar-refractivity contribution is 6.06. The van der Waals surface area contributed by atoms with Crippen molar-refractivity contribution < 1.29 is 14.3 Å². The first kappa shape index (κ1) is 20.0. The van der Waals surface area contributed by atoms with Crippen LogP contribution in [0.3, 0.4) is 0 Å². The Balaban J connectivity index is 1.46. The number of pyridine rings is 1. The fourth-order valence-electron chi connectivity index (χ4n) is 4.18. The lowest BCUT2D eigenvalue weighted by Crippen LogP contribution is -2.19. The van der Waals surface area contributed by atoms with Crippen molar-refractivity contribution in [1.82, 2.24) is 14.0 Å². The molecule has 0 saturated heterocycles. The number of nitrogens with zero attached hydrogens (tertiary/aromatic N) is 3. The van der Waals surface area contributed by atoms with E-state index in [9.17, 15) is 9.59 Å². The van der Waals surface area contributed by atoms with Gasteiger partial charge in [-0.2, -0.15) is 0 Å². The second-order valence-electron chi connectivity index (χ2n) is 8.00. The Morgan fingerprint density at radius 1 is 0.941 bits per heavy atom. The molecule has 34 heavy (non-hydrogen) atoms. The first-order valence-corrected chi connectivity index (χ1v) is 10.9. The highest BCUT2D eigenvalue weighted by Crippen LogP contribution is 2.33. The molecule has 5 aromatic rings. The van der Waals surface area contributed by atoms with Gasteiger partial charge in [0.2, 0.25) is 0 Å². The Morgan fingerprint density at radius 2 is 1.74 bits per heavy atom. The van der Waals surface area contributed by atoms with Gasteiger partial charge in [-0.05, 0) is 35.9 Å². The molecule has 168 valence electrons. The van der Waals surface area contributed by atoms with Crippen molar-refractivity contribution in [3.8, 4) is 11.5 Å². The maximum atomic E-state index is 13.4. The molecule has 2 aromatic carbocycles. The fraction of sp³-hybridized carbons (Fsp3) is 0.115. The standard InChI is InChI=1S/C26H20N4O4/c31-25(27-18-9-10-21-22(14-18)34-13-12-33-21)20-15-19-24(30(20)16-17-6-2-1-3-7-17)28-23-8-4-5-11-29(23)26(19)32/h1-11,14-15H,12-13,16H2,(H,27,31). The predicted octanol–water partition coefficient (Wildman–Crippen LogP) is 3.72. The van der Waals surface area contributed by atoms with E-state index < -0.39 is 0 Å². The second kappa shape index (κ2) is 8.08. The maximum absolute atomic E-state index is 13.4. The topological polar surface area (TPSA) is 86.9 Å². The Kier molecular flexibility index (Phi) is 4.76. The van der Waals surface area contributed by atoms with Crippen molar-refractivity contribution in [3.05, 3.63) is 101 Å². The van der Waals surface area contributed by atoms with Crippen molar-refractivity contribution in [3.63, 3.8) is 0 Å². The lowest BCUT2D eigenvalue weighted by molar-refractivity contribution is 0.101. The Hall–Kier alpha value is -4.59. The van der Waals surface area contributed by atoms with E-state index in [-0.39, 0.29) is 11.5 Å². The van der Waals surface area contributed by atoms with E-state index in [0.717, 1.165) is 5.56 Å². The number of fused-ring (bicyclic) bond motifs is 3. The summed E-state index contributed by atoms with van der Waals surface area (Å²) in [6.07, 6.45) is 1.67. The zero-order valence-corrected chi connectivity index (χ0v) is 18.1. The van der Waals surface area contributed by atoms with Gasteiger partial charge in [-0.3, -0.25) is 14.0 Å². The smallest absolute Gasteiger partial charge is 0.272 e. The summed E-state index contributed by atoms with van der Waals surface area (Å²) in [6, 6.07) is 22.0. The Labute approximate surface area is 194 Å². The van der Waals surface area contributed by atoms with E-state index in [0.29, 0.717) is 59.3 Å². The van der Waals surface area contributed by atoms with Crippen LogP contribution >= 0.6 is 0 Å². The second-order valence-corrected chi connectivity index (χ2v) is 8.00. The van der Waals surface area contributed by atoms with Gasteiger partial charge in [0.15, 0.2) is 11.5 Å². The normalized spacial score (nSPS) is 12.7. The summed E-state index contributed by atoms with van der Waals surface area (Å²) in [5, 5.41) is 3.31. The number of amides is 1. The maximum Gasteiger partial charge on any atom is 0.272 e. The number of aromatic nitrogens is 3. The van der Waals surface area contributed by atoms with Crippen molar-refractivity contribution in [2.45, 2.75) is 6.54 Å². The molecule has 1 aliphatic heterocycles. The molecule has 0 radical (unpaired) electrons. The predicted molar refractivity (Wildman–Crippen MR) is 128 cm³/mol. The highest BCUT2D eigenvalue weighted by atomic mass is 16.6. The zero-order valence-electron chi connectivity index (χ0n) is 18.1. The Bertz CT molecular complexity index is 1600. The molecule has 0 bridgehead atoms. The van der Waals surface area contributed by atoms with Crippen LogP contribution in [0.15, 0.2) is 83.8 Å². The van der Waals surface area contributed by atoms with Gasteiger partial charge in [-0.1, -0.05) is 36.4 Å². The minimum atomic E-state index is -0.348. The quantitative estimate of drug-likeness (QED) is 0.449. The van der Waals surface area contributed by atoms with Gasteiger partial charge < -0.3 is 19.4 Å². The number of ether oxygens (including phenoxy) is 2. The van der Waals surface area contributed by atoms with Gasteiger partial charge in [0.25, 0.3) is 11.5 Å². The van der Waals surface area contributed by atoms with E-state index in [1.54, 1.807) is 47.2 Å². The molecule has 4 heterocycles. The largest absolute Gasteiger partial charge is 0.486 e. The third-order valence-electron chi connectivity index (χ3n) is 5.79. The van der Waals surface area contributed by atoms with Gasteiger partial charge in [0.05, 0.1) is 5.39 Å². The summed E-state index contributed by atoms with van der Waals surface area (Å²) < 4.78 is 14.5. The number of rotatable bonds is 4. The number of nitrogens with one attached hydrogen (secondary N) is 1. The molecule has 8 heteroatoms. The lowest BCUT2D eigenvalue weighted by atomic mass is 10.2. The van der Waals surface area contributed by atoms with Gasteiger partial charge in [0.1, 0.15) is 30.2 Å². The number of hydrogen-bond acceptors (Lipinski definition) is 5. The fourth-order valence-corrected chi connectivity index (χ4v) is 4.18. The van der Waals surface area contributed by atoms with Crippen LogP contribution < -0.4 is 20.3 Å². The highest BCUT2D eigenvalue weighted by Gasteiger charge is 2.21. The third-order valence-corrected chi connectivity index (χ3v) is 5.79. The van der Waals surface area contributed by atoms with E-state index in [4.69, 9.17) is 14.5 Å². The van der Waals surface area contributed by atoms with Crippen LogP contribution in [0.25, 0.3) is 16.7 Å². The zero-order chi connectivity index (χ0) is 23.1. The molecule has 8 nitrogen and oxygen atoms in total. The van der Waals surface area contributed by atoms with Gasteiger partial charge in [-0.25, -0.2) is 4.98 Å². The SMILES string of the molecule is O=C(Nc1ccc2c(c1)OCCO2)c1cc2c(=O)n3ccccc3nc2n1Cc1ccccc1. The molecular weight excluding hydrogens is 432 g/mol.